The van der Waals surface area contributed by atoms with Crippen molar-refractivity contribution in [1.29, 1.82) is 0 Å². The number of nitrogens with one attached hydrogen (secondary N) is 1. The highest BCUT2D eigenvalue weighted by molar-refractivity contribution is 7.09. The number of halogens is 1. The molecular weight excluding hydrogens is 274 g/mol. The summed E-state index contributed by atoms with van der Waals surface area (Å²) in [5.74, 6) is 0. The number of aromatic nitrogens is 1. The zero-order valence-electron chi connectivity index (χ0n) is 9.51. The largest absolute Gasteiger partial charge is 0.373 e. The number of nitrogens with zero attached hydrogens (tertiary/aromatic N) is 2. The van der Waals surface area contributed by atoms with Crippen molar-refractivity contribution >= 4 is 34.3 Å². The Morgan fingerprint density at radius 1 is 1.56 bits per heavy atom. The zero-order valence-corrected chi connectivity index (χ0v) is 11.1. The monoisotopic (exact) mass is 283 g/mol. The van der Waals surface area contributed by atoms with Gasteiger partial charge in [0, 0.05) is 10.9 Å². The van der Waals surface area contributed by atoms with Gasteiger partial charge >= 0.3 is 0 Å². The zero-order chi connectivity index (χ0) is 13.1. The molecule has 0 bridgehead atoms. The van der Waals surface area contributed by atoms with Crippen molar-refractivity contribution in [2.45, 2.75) is 13.5 Å². The molecule has 0 radical (unpaired) electrons. The number of nitro groups is 1. The molecule has 0 saturated heterocycles. The molecule has 0 aliphatic heterocycles. The summed E-state index contributed by atoms with van der Waals surface area (Å²) in [6.45, 7) is 2.37. The fraction of sp³-hybridized carbons (Fsp3) is 0.182. The van der Waals surface area contributed by atoms with Gasteiger partial charge in [0.15, 0.2) is 0 Å². The van der Waals surface area contributed by atoms with E-state index in [1.54, 1.807) is 17.6 Å². The highest BCUT2D eigenvalue weighted by atomic mass is 35.5. The van der Waals surface area contributed by atoms with E-state index in [0.29, 0.717) is 17.3 Å². The third-order valence-electron chi connectivity index (χ3n) is 2.46. The number of benzene rings is 1. The lowest BCUT2D eigenvalue weighted by atomic mass is 10.2. The first-order valence-electron chi connectivity index (χ1n) is 5.15. The number of rotatable bonds is 4. The first kappa shape index (κ1) is 12.8. The highest BCUT2D eigenvalue weighted by Gasteiger charge is 2.16. The predicted octanol–water partition coefficient (Wildman–Crippen LogP) is 3.63. The molecule has 2 aromatic rings. The SMILES string of the molecule is Cc1ncsc1CNc1c(Cl)cccc1[N+](=O)[O-]. The van der Waals surface area contributed by atoms with E-state index in [9.17, 15) is 10.1 Å². The molecule has 0 saturated carbocycles. The van der Waals surface area contributed by atoms with Crippen molar-refractivity contribution in [2.24, 2.45) is 0 Å². The van der Waals surface area contributed by atoms with E-state index >= 15 is 0 Å². The van der Waals surface area contributed by atoms with Crippen LogP contribution in [0.15, 0.2) is 23.7 Å². The lowest BCUT2D eigenvalue weighted by molar-refractivity contribution is -0.383. The topological polar surface area (TPSA) is 68.1 Å². The minimum absolute atomic E-state index is 0.0235. The van der Waals surface area contributed by atoms with E-state index in [4.69, 9.17) is 11.6 Å². The van der Waals surface area contributed by atoms with Gasteiger partial charge in [0.05, 0.1) is 27.7 Å². The molecule has 0 aliphatic carbocycles. The normalized spacial score (nSPS) is 10.3. The van der Waals surface area contributed by atoms with Crippen LogP contribution in [0.25, 0.3) is 0 Å². The Balaban J connectivity index is 2.24. The van der Waals surface area contributed by atoms with Gasteiger partial charge in [-0.15, -0.1) is 11.3 Å². The summed E-state index contributed by atoms with van der Waals surface area (Å²) in [7, 11) is 0. The van der Waals surface area contributed by atoms with Crippen LogP contribution in [0.5, 0.6) is 0 Å². The molecule has 0 aliphatic rings. The van der Waals surface area contributed by atoms with Crippen molar-refractivity contribution in [2.75, 3.05) is 5.32 Å². The summed E-state index contributed by atoms with van der Waals surface area (Å²) in [5, 5.41) is 14.2. The molecule has 0 atom stereocenters. The van der Waals surface area contributed by atoms with E-state index in [-0.39, 0.29) is 5.69 Å². The standard InChI is InChI=1S/C11H10ClN3O2S/c1-7-10(18-6-14-7)5-13-11-8(12)3-2-4-9(11)15(16)17/h2-4,6,13H,5H2,1H3. The molecule has 18 heavy (non-hydrogen) atoms. The van der Waals surface area contributed by atoms with Gasteiger partial charge in [-0.05, 0) is 13.0 Å². The number of anilines is 1. The van der Waals surface area contributed by atoms with Crippen LogP contribution in [0.2, 0.25) is 5.02 Å². The molecule has 0 fully saturated rings. The third kappa shape index (κ3) is 2.60. The smallest absolute Gasteiger partial charge is 0.293 e. The second-order valence-electron chi connectivity index (χ2n) is 3.61. The van der Waals surface area contributed by atoms with E-state index < -0.39 is 4.92 Å². The van der Waals surface area contributed by atoms with E-state index in [1.165, 1.54) is 17.4 Å². The fourth-order valence-electron chi connectivity index (χ4n) is 1.50. The van der Waals surface area contributed by atoms with Crippen LogP contribution < -0.4 is 5.32 Å². The van der Waals surface area contributed by atoms with Crippen LogP contribution in [0.1, 0.15) is 10.6 Å². The van der Waals surface area contributed by atoms with Gasteiger partial charge in [0.25, 0.3) is 5.69 Å². The van der Waals surface area contributed by atoms with E-state index in [2.05, 4.69) is 10.3 Å². The highest BCUT2D eigenvalue weighted by Crippen LogP contribution is 2.32. The Morgan fingerprint density at radius 2 is 2.33 bits per heavy atom. The molecule has 0 amide bonds. The van der Waals surface area contributed by atoms with E-state index in [1.807, 2.05) is 6.92 Å². The minimum atomic E-state index is -0.451. The molecule has 5 nitrogen and oxygen atoms in total. The Bertz CT molecular complexity index is 585. The summed E-state index contributed by atoms with van der Waals surface area (Å²) in [5.41, 5.74) is 2.98. The molecule has 1 heterocycles. The Hall–Kier alpha value is -1.66. The molecule has 0 unspecified atom stereocenters. The van der Waals surface area contributed by atoms with Gasteiger partial charge in [0.2, 0.25) is 0 Å². The maximum absolute atomic E-state index is 10.9. The summed E-state index contributed by atoms with van der Waals surface area (Å²) in [4.78, 5) is 15.6. The van der Waals surface area contributed by atoms with Crippen LogP contribution in [-0.4, -0.2) is 9.91 Å². The molecular formula is C11H10ClN3O2S. The molecule has 94 valence electrons. The molecule has 0 spiro atoms. The van der Waals surface area contributed by atoms with Crippen molar-refractivity contribution < 1.29 is 4.92 Å². The van der Waals surface area contributed by atoms with Crippen molar-refractivity contribution in [3.8, 4) is 0 Å². The predicted molar refractivity (Wildman–Crippen MR) is 72.3 cm³/mol. The lowest BCUT2D eigenvalue weighted by Crippen LogP contribution is -2.03. The molecule has 1 N–H and O–H groups in total. The summed E-state index contributed by atoms with van der Waals surface area (Å²) < 4.78 is 0. The maximum atomic E-state index is 10.9. The third-order valence-corrected chi connectivity index (χ3v) is 3.71. The van der Waals surface area contributed by atoms with Crippen LogP contribution in [0.3, 0.4) is 0 Å². The van der Waals surface area contributed by atoms with Gasteiger partial charge in [-0.2, -0.15) is 0 Å². The van der Waals surface area contributed by atoms with Gasteiger partial charge in [-0.25, -0.2) is 4.98 Å². The Kier molecular flexibility index (Phi) is 3.78. The van der Waals surface area contributed by atoms with Gasteiger partial charge < -0.3 is 5.32 Å². The number of nitro benzene ring substituents is 1. The van der Waals surface area contributed by atoms with Crippen molar-refractivity contribution in [1.82, 2.24) is 4.98 Å². The van der Waals surface area contributed by atoms with Gasteiger partial charge in [-0.1, -0.05) is 17.7 Å². The number of thiazole rings is 1. The quantitative estimate of drug-likeness (QED) is 0.687. The number of hydrogen-bond acceptors (Lipinski definition) is 5. The van der Waals surface area contributed by atoms with Crippen molar-refractivity contribution in [3.63, 3.8) is 0 Å². The van der Waals surface area contributed by atoms with Gasteiger partial charge in [0.1, 0.15) is 5.69 Å². The Morgan fingerprint density at radius 3 is 2.94 bits per heavy atom. The average molecular weight is 284 g/mol. The summed E-state index contributed by atoms with van der Waals surface area (Å²) in [6, 6.07) is 4.60. The summed E-state index contributed by atoms with van der Waals surface area (Å²) in [6.07, 6.45) is 0. The molecule has 7 heteroatoms. The Labute approximate surface area is 113 Å². The first-order valence-corrected chi connectivity index (χ1v) is 6.41. The second-order valence-corrected chi connectivity index (χ2v) is 4.95. The van der Waals surface area contributed by atoms with Crippen LogP contribution in [0, 0.1) is 17.0 Å². The van der Waals surface area contributed by atoms with Crippen molar-refractivity contribution in [3.05, 3.63) is 49.4 Å². The number of aryl methyl sites for hydroxylation is 1. The maximum Gasteiger partial charge on any atom is 0.293 e. The van der Waals surface area contributed by atoms with Gasteiger partial charge in [-0.3, -0.25) is 10.1 Å². The summed E-state index contributed by atoms with van der Waals surface area (Å²) >= 11 is 7.48. The minimum Gasteiger partial charge on any atom is -0.373 e. The van der Waals surface area contributed by atoms with Crippen LogP contribution in [-0.2, 0) is 6.54 Å². The van der Waals surface area contributed by atoms with E-state index in [0.717, 1.165) is 10.6 Å². The second kappa shape index (κ2) is 5.32. The first-order chi connectivity index (χ1) is 8.59. The average Bonchev–Trinajstić information content (AvgIpc) is 2.73. The lowest BCUT2D eigenvalue weighted by Gasteiger charge is -2.08. The molecule has 1 aromatic carbocycles. The fourth-order valence-corrected chi connectivity index (χ4v) is 2.46. The molecule has 1 aromatic heterocycles. The number of hydrogen-bond donors (Lipinski definition) is 1. The van der Waals surface area contributed by atoms with Crippen LogP contribution in [0.4, 0.5) is 11.4 Å². The van der Waals surface area contributed by atoms with Crippen LogP contribution >= 0.6 is 22.9 Å². The molecule has 2 rings (SSSR count). The number of para-hydroxylation sites is 1.